The lowest BCUT2D eigenvalue weighted by molar-refractivity contribution is -0.141. The number of halogens is 3. The van der Waals surface area contributed by atoms with Crippen LogP contribution in [0.2, 0.25) is 0 Å². The van der Waals surface area contributed by atoms with Gasteiger partial charge in [0.1, 0.15) is 42.1 Å². The Labute approximate surface area is 242 Å². The topological polar surface area (TPSA) is 125 Å². The lowest BCUT2D eigenvalue weighted by atomic mass is 10.1. The monoisotopic (exact) mass is 587 g/mol. The van der Waals surface area contributed by atoms with E-state index >= 15 is 0 Å². The van der Waals surface area contributed by atoms with E-state index in [1.165, 1.54) is 5.56 Å². The molecule has 3 N–H and O–H groups in total. The van der Waals surface area contributed by atoms with E-state index in [-0.39, 0.29) is 12.2 Å². The number of aromatic nitrogens is 4. The van der Waals surface area contributed by atoms with E-state index in [4.69, 9.17) is 9.72 Å². The summed E-state index contributed by atoms with van der Waals surface area (Å²) in [6.07, 6.45) is 2.62. The van der Waals surface area contributed by atoms with Crippen molar-refractivity contribution in [3.05, 3.63) is 65.5 Å². The van der Waals surface area contributed by atoms with Crippen LogP contribution >= 0.6 is 0 Å². The van der Waals surface area contributed by atoms with Crippen LogP contribution in [0.25, 0.3) is 0 Å². The van der Waals surface area contributed by atoms with Crippen LogP contribution in [0.4, 0.5) is 24.8 Å². The van der Waals surface area contributed by atoms with Crippen molar-refractivity contribution in [1.82, 2.24) is 24.8 Å². The smallest absolute Gasteiger partial charge is 0.433 e. The number of anilines is 2. The van der Waals surface area contributed by atoms with E-state index in [1.54, 1.807) is 6.20 Å². The van der Waals surface area contributed by atoms with E-state index in [1.807, 2.05) is 19.1 Å². The molecule has 0 aliphatic carbocycles. The molecule has 0 spiro atoms. The molecule has 4 rings (SSSR count). The van der Waals surface area contributed by atoms with Gasteiger partial charge in [-0.25, -0.2) is 19.7 Å². The van der Waals surface area contributed by atoms with E-state index in [9.17, 15) is 23.1 Å². The maximum atomic E-state index is 13.0. The van der Waals surface area contributed by atoms with Crippen LogP contribution in [0.3, 0.4) is 0 Å². The minimum absolute atomic E-state index is 0.144. The van der Waals surface area contributed by atoms with Crippen molar-refractivity contribution in [2.75, 3.05) is 43.4 Å². The van der Waals surface area contributed by atoms with Crippen LogP contribution in [-0.4, -0.2) is 74.7 Å². The van der Waals surface area contributed by atoms with Gasteiger partial charge in [-0.1, -0.05) is 6.07 Å². The lowest BCUT2D eigenvalue weighted by Gasteiger charge is -2.25. The first-order chi connectivity index (χ1) is 20.2. The second kappa shape index (κ2) is 14.8. The van der Waals surface area contributed by atoms with Crippen LogP contribution < -0.4 is 15.4 Å². The number of rotatable bonds is 15. The average molecular weight is 588 g/mol. The Morgan fingerprint density at radius 1 is 1.14 bits per heavy atom. The number of aryl methyl sites for hydroxylation is 3. The summed E-state index contributed by atoms with van der Waals surface area (Å²) < 4.78 is 45.0. The Balaban J connectivity index is 1.33. The van der Waals surface area contributed by atoms with E-state index < -0.39 is 23.9 Å². The number of unbranched alkanes of at least 4 members (excludes halogenated alkanes) is 1. The predicted molar refractivity (Wildman–Crippen MR) is 152 cm³/mol. The molecule has 1 aliphatic rings. The van der Waals surface area contributed by atoms with Crippen LogP contribution in [0.15, 0.2) is 42.9 Å². The molecule has 0 aromatic carbocycles. The number of carboxylic acid groups (broad SMARTS) is 1. The number of aliphatic carboxylic acids is 1. The number of ether oxygens (including phenoxy) is 1. The Morgan fingerprint density at radius 3 is 2.76 bits per heavy atom. The zero-order valence-corrected chi connectivity index (χ0v) is 23.5. The molecule has 1 aliphatic heterocycles. The molecule has 4 heterocycles. The molecule has 1 atom stereocenters. The van der Waals surface area contributed by atoms with Gasteiger partial charge in [0.15, 0.2) is 0 Å². The molecular weight excluding hydrogens is 551 g/mol. The quantitative estimate of drug-likeness (QED) is 0.217. The Bertz CT molecular complexity index is 1310. The fraction of sp³-hybridized carbons (Fsp3) is 0.483. The van der Waals surface area contributed by atoms with Crippen molar-refractivity contribution < 1.29 is 27.8 Å². The third-order valence-corrected chi connectivity index (χ3v) is 6.98. The molecule has 0 fully saturated rings. The molecule has 13 heteroatoms. The van der Waals surface area contributed by atoms with Gasteiger partial charge in [-0.2, -0.15) is 13.2 Å². The third-order valence-electron chi connectivity index (χ3n) is 6.98. The molecule has 0 radical (unpaired) electrons. The molecule has 226 valence electrons. The van der Waals surface area contributed by atoms with E-state index in [2.05, 4.69) is 42.6 Å². The minimum atomic E-state index is -4.66. The van der Waals surface area contributed by atoms with Crippen LogP contribution in [0, 0.1) is 6.92 Å². The second-order valence-electron chi connectivity index (χ2n) is 10.2. The maximum Gasteiger partial charge on any atom is 0.433 e. The SMILES string of the molecule is Cc1ccc(OCCN(CCCCc2ccc3c(n2)NCCC3)CC[C@H](Nc2cc(C(F)(F)F)ncn2)C(=O)O)cn1. The summed E-state index contributed by atoms with van der Waals surface area (Å²) in [7, 11) is 0. The van der Waals surface area contributed by atoms with Gasteiger partial charge in [-0.3, -0.25) is 9.88 Å². The second-order valence-corrected chi connectivity index (χ2v) is 10.2. The van der Waals surface area contributed by atoms with Crippen molar-refractivity contribution in [2.24, 2.45) is 0 Å². The zero-order chi connectivity index (χ0) is 30.0. The van der Waals surface area contributed by atoms with Gasteiger partial charge in [0.05, 0.1) is 6.20 Å². The summed E-state index contributed by atoms with van der Waals surface area (Å²) in [4.78, 5) is 30.0. The summed E-state index contributed by atoms with van der Waals surface area (Å²) in [6, 6.07) is 7.49. The van der Waals surface area contributed by atoms with Gasteiger partial charge in [-0.15, -0.1) is 0 Å². The highest BCUT2D eigenvalue weighted by atomic mass is 19.4. The number of nitrogens with zero attached hydrogens (tertiary/aromatic N) is 5. The van der Waals surface area contributed by atoms with Crippen molar-refractivity contribution in [3.8, 4) is 5.75 Å². The van der Waals surface area contributed by atoms with Crippen LogP contribution in [0.5, 0.6) is 5.75 Å². The molecule has 3 aromatic rings. The average Bonchev–Trinajstić information content (AvgIpc) is 2.97. The van der Waals surface area contributed by atoms with Crippen molar-refractivity contribution in [2.45, 2.75) is 57.7 Å². The molecule has 10 nitrogen and oxygen atoms in total. The summed E-state index contributed by atoms with van der Waals surface area (Å²) in [5.74, 6) is 0.234. The van der Waals surface area contributed by atoms with E-state index in [0.717, 1.165) is 62.2 Å². The predicted octanol–water partition coefficient (Wildman–Crippen LogP) is 4.61. The molecule has 0 unspecified atom stereocenters. The fourth-order valence-corrected chi connectivity index (χ4v) is 4.66. The number of nitrogens with one attached hydrogen (secondary N) is 2. The first-order valence-corrected chi connectivity index (χ1v) is 14.1. The number of hydrogen-bond donors (Lipinski definition) is 3. The summed E-state index contributed by atoms with van der Waals surface area (Å²) in [6.45, 7) is 4.81. The molecule has 0 saturated heterocycles. The van der Waals surface area contributed by atoms with Crippen LogP contribution in [-0.2, 0) is 23.8 Å². The molecule has 0 amide bonds. The number of pyridine rings is 2. The molecule has 42 heavy (non-hydrogen) atoms. The maximum absolute atomic E-state index is 13.0. The lowest BCUT2D eigenvalue weighted by Crippen LogP contribution is -2.37. The van der Waals surface area contributed by atoms with Gasteiger partial charge in [0.25, 0.3) is 0 Å². The van der Waals surface area contributed by atoms with Gasteiger partial charge >= 0.3 is 12.1 Å². The molecule has 0 bridgehead atoms. The van der Waals surface area contributed by atoms with Crippen molar-refractivity contribution in [1.29, 1.82) is 0 Å². The van der Waals surface area contributed by atoms with Crippen LogP contribution in [0.1, 0.15) is 48.3 Å². The number of hydrogen-bond acceptors (Lipinski definition) is 9. The van der Waals surface area contributed by atoms with Gasteiger partial charge < -0.3 is 20.5 Å². The van der Waals surface area contributed by atoms with Gasteiger partial charge in [0, 0.05) is 37.1 Å². The first-order valence-electron chi connectivity index (χ1n) is 14.1. The Hall–Kier alpha value is -4.00. The molecular formula is C29H36F3N7O3. The zero-order valence-electron chi connectivity index (χ0n) is 23.5. The number of alkyl halides is 3. The number of fused-ring (bicyclic) bond motifs is 1. The number of carbonyl (C=O) groups is 1. The van der Waals surface area contributed by atoms with Crippen molar-refractivity contribution in [3.63, 3.8) is 0 Å². The summed E-state index contributed by atoms with van der Waals surface area (Å²) >= 11 is 0. The normalized spacial score (nSPS) is 13.7. The third kappa shape index (κ3) is 9.54. The number of carboxylic acids is 1. The fourth-order valence-electron chi connectivity index (χ4n) is 4.66. The summed E-state index contributed by atoms with van der Waals surface area (Å²) in [5.41, 5.74) is 2.02. The Kier molecular flexibility index (Phi) is 10.9. The van der Waals surface area contributed by atoms with Crippen molar-refractivity contribution >= 4 is 17.6 Å². The largest absolute Gasteiger partial charge is 0.491 e. The molecule has 3 aromatic heterocycles. The highest BCUT2D eigenvalue weighted by Crippen LogP contribution is 2.28. The molecule has 0 saturated carbocycles. The Morgan fingerprint density at radius 2 is 2.00 bits per heavy atom. The minimum Gasteiger partial charge on any atom is -0.491 e. The van der Waals surface area contributed by atoms with Gasteiger partial charge in [-0.05, 0) is 75.8 Å². The summed E-state index contributed by atoms with van der Waals surface area (Å²) in [5, 5.41) is 15.7. The highest BCUT2D eigenvalue weighted by molar-refractivity contribution is 5.76. The standard InChI is InChI=1S/C29H36F3N7O3/c1-20-7-10-23(18-34-20)42-16-15-39(13-3-2-6-22-9-8-21-5-4-12-33-27(21)37-22)14-11-24(28(40)41)38-26-17-25(29(30,31)32)35-19-36-26/h7-10,17-19,24H,2-6,11-16H2,1H3,(H,33,37)(H,40,41)(H,35,36,38)/t24-/m0/s1. The van der Waals surface area contributed by atoms with E-state index in [0.29, 0.717) is 38.1 Å². The first kappa shape index (κ1) is 30.9. The highest BCUT2D eigenvalue weighted by Gasteiger charge is 2.33. The van der Waals surface area contributed by atoms with Gasteiger partial charge in [0.2, 0.25) is 0 Å².